The Labute approximate surface area is 123 Å². The molecule has 0 radical (unpaired) electrons. The Balaban J connectivity index is 1.96. The van der Waals surface area contributed by atoms with E-state index in [1.807, 2.05) is 24.6 Å². The zero-order valence-corrected chi connectivity index (χ0v) is 13.5. The second kappa shape index (κ2) is 6.17. The normalized spacial score (nSPS) is 14.0. The molecule has 0 bridgehead atoms. The summed E-state index contributed by atoms with van der Waals surface area (Å²) in [4.78, 5) is 4.39. The summed E-state index contributed by atoms with van der Waals surface area (Å²) >= 11 is 1.66. The van der Waals surface area contributed by atoms with E-state index in [2.05, 4.69) is 16.4 Å². The van der Waals surface area contributed by atoms with Gasteiger partial charge in [0.15, 0.2) is 0 Å². The molecule has 5 nitrogen and oxygen atoms in total. The van der Waals surface area contributed by atoms with Crippen LogP contribution < -0.4 is 5.32 Å². The summed E-state index contributed by atoms with van der Waals surface area (Å²) in [5.74, 6) is 0.0962. The molecule has 7 heteroatoms. The van der Waals surface area contributed by atoms with Crippen molar-refractivity contribution in [2.24, 2.45) is 0 Å². The number of nitrogens with zero attached hydrogens (tertiary/aromatic N) is 2. The van der Waals surface area contributed by atoms with Gasteiger partial charge in [0, 0.05) is 32.9 Å². The molecule has 0 aliphatic rings. The number of pyridine rings is 1. The van der Waals surface area contributed by atoms with Gasteiger partial charge in [-0.15, -0.1) is 11.3 Å². The van der Waals surface area contributed by atoms with Gasteiger partial charge in [0.25, 0.3) is 0 Å². The number of nitrogens with one attached hydrogen (secondary N) is 1. The monoisotopic (exact) mass is 313 g/mol. The van der Waals surface area contributed by atoms with Crippen molar-refractivity contribution in [2.75, 3.05) is 26.4 Å². The molecule has 0 amide bonds. The Bertz CT molecular complexity index is 680. The topological polar surface area (TPSA) is 62.3 Å². The van der Waals surface area contributed by atoms with E-state index in [0.717, 1.165) is 15.8 Å². The van der Waals surface area contributed by atoms with Crippen molar-refractivity contribution in [3.05, 3.63) is 29.3 Å². The van der Waals surface area contributed by atoms with Gasteiger partial charge >= 0.3 is 0 Å². The summed E-state index contributed by atoms with van der Waals surface area (Å²) < 4.78 is 25.7. The average Bonchev–Trinajstić information content (AvgIpc) is 2.85. The Morgan fingerprint density at radius 3 is 2.90 bits per heavy atom. The minimum absolute atomic E-state index is 0.0753. The van der Waals surface area contributed by atoms with Crippen LogP contribution in [0.2, 0.25) is 0 Å². The van der Waals surface area contributed by atoms with Crippen LogP contribution in [0.5, 0.6) is 0 Å². The maximum atomic E-state index is 11.7. The summed E-state index contributed by atoms with van der Waals surface area (Å²) in [7, 11) is -0.0465. The fourth-order valence-electron chi connectivity index (χ4n) is 1.80. The average molecular weight is 313 g/mol. The highest BCUT2D eigenvalue weighted by molar-refractivity contribution is 7.89. The number of hydrogen-bond acceptors (Lipinski definition) is 5. The van der Waals surface area contributed by atoms with Gasteiger partial charge in [-0.25, -0.2) is 12.7 Å². The SMILES string of the molecule is CC(NCCS(=O)(=O)N(C)C)c1cnc2ccsc2c1. The molecule has 0 aliphatic heterocycles. The van der Waals surface area contributed by atoms with Crippen LogP contribution in [0.25, 0.3) is 10.2 Å². The molecule has 0 spiro atoms. The van der Waals surface area contributed by atoms with E-state index >= 15 is 0 Å². The summed E-state index contributed by atoms with van der Waals surface area (Å²) in [6, 6.07) is 4.17. The molecule has 0 saturated heterocycles. The van der Waals surface area contributed by atoms with Crippen LogP contribution in [-0.4, -0.2) is 44.1 Å². The predicted octanol–water partition coefficient (Wildman–Crippen LogP) is 1.84. The Hall–Kier alpha value is -1.02. The van der Waals surface area contributed by atoms with Crippen LogP contribution in [0.4, 0.5) is 0 Å². The second-order valence-corrected chi connectivity index (χ2v) is 8.10. The third-order valence-electron chi connectivity index (χ3n) is 3.19. The lowest BCUT2D eigenvalue weighted by Crippen LogP contribution is -2.32. The van der Waals surface area contributed by atoms with Crippen LogP contribution in [0.1, 0.15) is 18.5 Å². The maximum absolute atomic E-state index is 11.7. The summed E-state index contributed by atoms with van der Waals surface area (Å²) in [5, 5.41) is 5.24. The van der Waals surface area contributed by atoms with Crippen LogP contribution in [0.3, 0.4) is 0 Å². The highest BCUT2D eigenvalue weighted by Crippen LogP contribution is 2.22. The third-order valence-corrected chi connectivity index (χ3v) is 5.88. The molecule has 0 aliphatic carbocycles. The first kappa shape index (κ1) is 15.4. The maximum Gasteiger partial charge on any atom is 0.214 e. The van der Waals surface area contributed by atoms with Gasteiger partial charge < -0.3 is 5.32 Å². The lowest BCUT2D eigenvalue weighted by molar-refractivity contribution is 0.512. The zero-order valence-electron chi connectivity index (χ0n) is 11.8. The van der Waals surface area contributed by atoms with Crippen molar-refractivity contribution in [1.82, 2.24) is 14.6 Å². The molecule has 2 heterocycles. The molecular formula is C13H19N3O2S2. The number of sulfonamides is 1. The molecule has 0 saturated carbocycles. The van der Waals surface area contributed by atoms with E-state index in [0.29, 0.717) is 6.54 Å². The molecule has 20 heavy (non-hydrogen) atoms. The van der Waals surface area contributed by atoms with E-state index in [9.17, 15) is 8.42 Å². The Morgan fingerprint density at radius 2 is 2.20 bits per heavy atom. The first-order valence-electron chi connectivity index (χ1n) is 6.37. The minimum atomic E-state index is -3.14. The first-order valence-corrected chi connectivity index (χ1v) is 8.86. The van der Waals surface area contributed by atoms with E-state index in [1.165, 1.54) is 4.31 Å². The van der Waals surface area contributed by atoms with E-state index < -0.39 is 10.0 Å². The fourth-order valence-corrected chi connectivity index (χ4v) is 3.33. The van der Waals surface area contributed by atoms with Crippen LogP contribution in [0, 0.1) is 0 Å². The van der Waals surface area contributed by atoms with Crippen LogP contribution >= 0.6 is 11.3 Å². The largest absolute Gasteiger partial charge is 0.309 e. The van der Waals surface area contributed by atoms with Gasteiger partial charge in [0.1, 0.15) is 0 Å². The Morgan fingerprint density at radius 1 is 1.45 bits per heavy atom. The quantitative estimate of drug-likeness (QED) is 0.884. The van der Waals surface area contributed by atoms with Crippen molar-refractivity contribution in [3.63, 3.8) is 0 Å². The number of thiophene rings is 1. The fraction of sp³-hybridized carbons (Fsp3) is 0.462. The molecule has 2 rings (SSSR count). The molecule has 2 aromatic rings. The lowest BCUT2D eigenvalue weighted by atomic mass is 10.1. The van der Waals surface area contributed by atoms with E-state index in [-0.39, 0.29) is 11.8 Å². The molecule has 0 fully saturated rings. The van der Waals surface area contributed by atoms with Crippen molar-refractivity contribution in [1.29, 1.82) is 0 Å². The Kier molecular flexibility index (Phi) is 4.74. The number of fused-ring (bicyclic) bond motifs is 1. The van der Waals surface area contributed by atoms with Crippen molar-refractivity contribution < 1.29 is 8.42 Å². The molecule has 1 unspecified atom stereocenters. The highest BCUT2D eigenvalue weighted by atomic mass is 32.2. The van der Waals surface area contributed by atoms with Crippen LogP contribution in [-0.2, 0) is 10.0 Å². The van der Waals surface area contributed by atoms with Gasteiger partial charge in [0.05, 0.1) is 16.0 Å². The standard InChI is InChI=1S/C13H19N3O2S2/c1-10(14-5-7-20(17,18)16(2)3)11-8-13-12(15-9-11)4-6-19-13/h4,6,8-10,14H,5,7H2,1-3H3. The highest BCUT2D eigenvalue weighted by Gasteiger charge is 2.14. The number of rotatable bonds is 6. The molecule has 1 atom stereocenters. The summed E-state index contributed by atoms with van der Waals surface area (Å²) in [5.41, 5.74) is 2.07. The van der Waals surface area contributed by atoms with Gasteiger partial charge in [-0.2, -0.15) is 0 Å². The van der Waals surface area contributed by atoms with Gasteiger partial charge in [-0.05, 0) is 30.0 Å². The van der Waals surface area contributed by atoms with Crippen molar-refractivity contribution in [2.45, 2.75) is 13.0 Å². The summed E-state index contributed by atoms with van der Waals surface area (Å²) in [6.07, 6.45) is 1.84. The molecule has 110 valence electrons. The van der Waals surface area contributed by atoms with Gasteiger partial charge in [0.2, 0.25) is 10.0 Å². The number of hydrogen-bond donors (Lipinski definition) is 1. The van der Waals surface area contributed by atoms with Gasteiger partial charge in [-0.1, -0.05) is 0 Å². The molecule has 1 N–H and O–H groups in total. The number of aromatic nitrogens is 1. The van der Waals surface area contributed by atoms with Crippen LogP contribution in [0.15, 0.2) is 23.7 Å². The molecule has 0 aromatic carbocycles. The third kappa shape index (κ3) is 3.54. The second-order valence-electron chi connectivity index (χ2n) is 4.85. The van der Waals surface area contributed by atoms with E-state index in [4.69, 9.17) is 0 Å². The van der Waals surface area contributed by atoms with Gasteiger partial charge in [-0.3, -0.25) is 4.98 Å². The predicted molar refractivity (Wildman–Crippen MR) is 83.5 cm³/mol. The smallest absolute Gasteiger partial charge is 0.214 e. The zero-order chi connectivity index (χ0) is 14.8. The summed E-state index contributed by atoms with van der Waals surface area (Å²) in [6.45, 7) is 2.43. The minimum Gasteiger partial charge on any atom is -0.309 e. The molecule has 2 aromatic heterocycles. The van der Waals surface area contributed by atoms with Crippen molar-refractivity contribution >= 4 is 31.6 Å². The first-order chi connectivity index (χ1) is 9.40. The van der Waals surface area contributed by atoms with Crippen molar-refractivity contribution in [3.8, 4) is 0 Å². The lowest BCUT2D eigenvalue weighted by Gasteiger charge is -2.16. The van der Waals surface area contributed by atoms with E-state index in [1.54, 1.807) is 25.4 Å². The molecular weight excluding hydrogens is 294 g/mol.